The lowest BCUT2D eigenvalue weighted by molar-refractivity contribution is -0.139. The number of carbonyl (C=O) groups is 2. The molecule has 1 fully saturated rings. The number of carbonyl (C=O) groups excluding carboxylic acids is 2. The van der Waals surface area contributed by atoms with Crippen LogP contribution in [0.1, 0.15) is 30.5 Å². The number of methoxy groups -OCH3 is 2. The van der Waals surface area contributed by atoms with Crippen molar-refractivity contribution in [2.75, 3.05) is 26.1 Å². The average Bonchev–Trinajstić information content (AvgIpc) is 3.26. The van der Waals surface area contributed by atoms with Gasteiger partial charge in [0.2, 0.25) is 5.91 Å². The van der Waals surface area contributed by atoms with Gasteiger partial charge in [0.15, 0.2) is 0 Å². The monoisotopic (exact) mass is 437 g/mol. The summed E-state index contributed by atoms with van der Waals surface area (Å²) in [6, 6.07) is 13.1. The normalized spacial score (nSPS) is 19.7. The van der Waals surface area contributed by atoms with Crippen LogP contribution in [0, 0.1) is 0 Å². The van der Waals surface area contributed by atoms with Crippen LogP contribution >= 0.6 is 0 Å². The third-order valence-electron chi connectivity index (χ3n) is 5.67. The highest BCUT2D eigenvalue weighted by Gasteiger charge is 2.41. The fourth-order valence-electron chi connectivity index (χ4n) is 3.87. The van der Waals surface area contributed by atoms with Crippen molar-refractivity contribution in [3.8, 4) is 11.5 Å². The van der Waals surface area contributed by atoms with Crippen LogP contribution in [0.5, 0.6) is 11.5 Å². The third kappa shape index (κ3) is 4.52. The predicted molar refractivity (Wildman–Crippen MR) is 120 cm³/mol. The van der Waals surface area contributed by atoms with E-state index < -0.39 is 6.04 Å². The summed E-state index contributed by atoms with van der Waals surface area (Å²) >= 11 is 0. The molecule has 2 unspecified atom stereocenters. The Hall–Kier alpha value is -3.59. The van der Waals surface area contributed by atoms with Gasteiger partial charge in [-0.3, -0.25) is 14.6 Å². The van der Waals surface area contributed by atoms with Crippen LogP contribution in [-0.4, -0.2) is 55.0 Å². The standard InChI is InChI=1S/C23H27N5O4/c1-4-15-5-7-16(8-6-15)20-12-21-23(30)27(24-14-28(21)26-20)13-22(29)25-17-9-18(31-2)11-19(10-17)32-3/h5-11,14,20-21,26H,4,12-13H2,1-3H3,(H,25,29). The van der Waals surface area contributed by atoms with E-state index in [-0.39, 0.29) is 24.4 Å². The number of nitrogens with zero attached hydrogens (tertiary/aromatic N) is 3. The van der Waals surface area contributed by atoms with E-state index >= 15 is 0 Å². The minimum Gasteiger partial charge on any atom is -0.497 e. The van der Waals surface area contributed by atoms with Crippen molar-refractivity contribution in [1.29, 1.82) is 0 Å². The first-order valence-corrected chi connectivity index (χ1v) is 10.5. The molecule has 32 heavy (non-hydrogen) atoms. The highest BCUT2D eigenvalue weighted by molar-refractivity contribution is 5.96. The number of hydrogen-bond acceptors (Lipinski definition) is 7. The van der Waals surface area contributed by atoms with Gasteiger partial charge in [0.1, 0.15) is 30.4 Å². The first-order valence-electron chi connectivity index (χ1n) is 10.5. The van der Waals surface area contributed by atoms with Crippen molar-refractivity contribution in [3.63, 3.8) is 0 Å². The molecule has 0 bridgehead atoms. The van der Waals surface area contributed by atoms with E-state index in [1.165, 1.54) is 24.8 Å². The lowest BCUT2D eigenvalue weighted by Crippen LogP contribution is -2.52. The Morgan fingerprint density at radius 1 is 1.16 bits per heavy atom. The highest BCUT2D eigenvalue weighted by atomic mass is 16.5. The fraction of sp³-hybridized carbons (Fsp3) is 0.348. The second-order valence-electron chi connectivity index (χ2n) is 7.71. The zero-order chi connectivity index (χ0) is 22.7. The third-order valence-corrected chi connectivity index (χ3v) is 5.67. The van der Waals surface area contributed by atoms with Crippen LogP contribution in [0.4, 0.5) is 5.69 Å². The first-order chi connectivity index (χ1) is 15.5. The van der Waals surface area contributed by atoms with E-state index in [0.717, 1.165) is 12.0 Å². The summed E-state index contributed by atoms with van der Waals surface area (Å²) in [6.45, 7) is 1.93. The molecule has 2 aliphatic heterocycles. The molecular weight excluding hydrogens is 410 g/mol. The summed E-state index contributed by atoms with van der Waals surface area (Å²) in [4.78, 5) is 25.6. The average molecular weight is 438 g/mol. The summed E-state index contributed by atoms with van der Waals surface area (Å²) in [5.74, 6) is 0.526. The molecule has 2 aliphatic rings. The second-order valence-corrected chi connectivity index (χ2v) is 7.71. The fourth-order valence-corrected chi connectivity index (χ4v) is 3.87. The summed E-state index contributed by atoms with van der Waals surface area (Å²) in [5.41, 5.74) is 6.23. The molecular formula is C23H27N5O4. The number of rotatable bonds is 7. The molecule has 2 aromatic carbocycles. The first kappa shape index (κ1) is 21.6. The number of nitrogens with one attached hydrogen (secondary N) is 2. The van der Waals surface area contributed by atoms with Crippen LogP contribution in [-0.2, 0) is 16.0 Å². The number of hydrogen-bond donors (Lipinski definition) is 2. The molecule has 2 heterocycles. The molecule has 0 aliphatic carbocycles. The van der Waals surface area contributed by atoms with Crippen LogP contribution in [0.2, 0.25) is 0 Å². The molecule has 2 atom stereocenters. The molecule has 4 rings (SSSR count). The number of hydrazone groups is 1. The van der Waals surface area contributed by atoms with Crippen LogP contribution in [0.25, 0.3) is 0 Å². The summed E-state index contributed by atoms with van der Waals surface area (Å²) in [5, 5.41) is 9.87. The number of anilines is 1. The van der Waals surface area contributed by atoms with Gasteiger partial charge in [-0.15, -0.1) is 0 Å². The molecule has 2 aromatic rings. The number of fused-ring (bicyclic) bond motifs is 1. The Morgan fingerprint density at radius 3 is 2.47 bits per heavy atom. The summed E-state index contributed by atoms with van der Waals surface area (Å²) in [6.07, 6.45) is 3.15. The zero-order valence-corrected chi connectivity index (χ0v) is 18.4. The summed E-state index contributed by atoms with van der Waals surface area (Å²) in [7, 11) is 3.07. The molecule has 0 aromatic heterocycles. The summed E-state index contributed by atoms with van der Waals surface area (Å²) < 4.78 is 10.4. The number of ether oxygens (including phenoxy) is 2. The maximum atomic E-state index is 13.0. The van der Waals surface area contributed by atoms with E-state index in [9.17, 15) is 9.59 Å². The van der Waals surface area contributed by atoms with Gasteiger partial charge >= 0.3 is 0 Å². The molecule has 9 nitrogen and oxygen atoms in total. The maximum absolute atomic E-state index is 13.0. The molecule has 2 N–H and O–H groups in total. The van der Waals surface area contributed by atoms with E-state index in [1.807, 2.05) is 0 Å². The van der Waals surface area contributed by atoms with Crippen LogP contribution in [0.15, 0.2) is 47.6 Å². The van der Waals surface area contributed by atoms with Crippen molar-refractivity contribution in [1.82, 2.24) is 15.4 Å². The second kappa shape index (κ2) is 9.27. The Bertz CT molecular complexity index is 1000. The van der Waals surface area contributed by atoms with Gasteiger partial charge in [0.05, 0.1) is 20.3 Å². The van der Waals surface area contributed by atoms with E-state index in [0.29, 0.717) is 23.6 Å². The van der Waals surface area contributed by atoms with Crippen molar-refractivity contribution in [3.05, 3.63) is 53.6 Å². The van der Waals surface area contributed by atoms with Crippen LogP contribution < -0.4 is 20.2 Å². The van der Waals surface area contributed by atoms with Gasteiger partial charge in [-0.2, -0.15) is 5.10 Å². The quantitative estimate of drug-likeness (QED) is 0.690. The SMILES string of the molecule is CCc1ccc(C2CC3C(=O)N(CC(=O)Nc4cc(OC)cc(OC)c4)N=CN3N2)cc1. The van der Waals surface area contributed by atoms with E-state index in [2.05, 4.69) is 47.0 Å². The van der Waals surface area contributed by atoms with Gasteiger partial charge in [-0.25, -0.2) is 10.4 Å². The van der Waals surface area contributed by atoms with E-state index in [4.69, 9.17) is 9.47 Å². The number of hydrazine groups is 1. The van der Waals surface area contributed by atoms with E-state index in [1.54, 1.807) is 29.5 Å². The Labute approximate surface area is 186 Å². The van der Waals surface area contributed by atoms with Crippen molar-refractivity contribution >= 4 is 23.8 Å². The lowest BCUT2D eigenvalue weighted by atomic mass is 9.99. The number of amides is 2. The van der Waals surface area contributed by atoms with Gasteiger partial charge in [-0.1, -0.05) is 31.2 Å². The zero-order valence-electron chi connectivity index (χ0n) is 18.4. The molecule has 0 saturated carbocycles. The number of aryl methyl sites for hydroxylation is 1. The Balaban J connectivity index is 1.39. The molecule has 2 amide bonds. The van der Waals surface area contributed by atoms with Crippen LogP contribution in [0.3, 0.4) is 0 Å². The minimum absolute atomic E-state index is 0.0133. The topological polar surface area (TPSA) is 95.5 Å². The lowest BCUT2D eigenvalue weighted by Gasteiger charge is -2.29. The molecule has 0 spiro atoms. The minimum atomic E-state index is -0.409. The molecule has 0 radical (unpaired) electrons. The molecule has 1 saturated heterocycles. The van der Waals surface area contributed by atoms with Crippen molar-refractivity contribution in [2.24, 2.45) is 5.10 Å². The number of benzene rings is 2. The van der Waals surface area contributed by atoms with Gasteiger partial charge < -0.3 is 14.8 Å². The van der Waals surface area contributed by atoms with Gasteiger partial charge in [-0.05, 0) is 24.0 Å². The van der Waals surface area contributed by atoms with Crippen molar-refractivity contribution < 1.29 is 19.1 Å². The Kier molecular flexibility index (Phi) is 6.27. The van der Waals surface area contributed by atoms with Gasteiger partial charge in [0.25, 0.3) is 5.91 Å². The molecule has 9 heteroatoms. The largest absolute Gasteiger partial charge is 0.497 e. The predicted octanol–water partition coefficient (Wildman–Crippen LogP) is 2.31. The highest BCUT2D eigenvalue weighted by Crippen LogP contribution is 2.30. The maximum Gasteiger partial charge on any atom is 0.267 e. The smallest absolute Gasteiger partial charge is 0.267 e. The van der Waals surface area contributed by atoms with Crippen molar-refractivity contribution in [2.45, 2.75) is 31.8 Å². The molecule has 168 valence electrons. The Morgan fingerprint density at radius 2 is 1.84 bits per heavy atom. The van der Waals surface area contributed by atoms with Gasteiger partial charge in [0, 0.05) is 23.9 Å².